The van der Waals surface area contributed by atoms with Gasteiger partial charge in [-0.3, -0.25) is 9.00 Å². The molecule has 0 spiro atoms. The third kappa shape index (κ3) is 5.10. The minimum absolute atomic E-state index is 0.0837. The standard InChI is InChI=1S/C27H31FN2O2S/c1-16(2)23-13-18(7-9-26(23)33(3)32)19-4-5-20(24(28)14-19)10-17(15-29)11-25(31)27-21-6-8-22(12-21)30-27/h4-5,7,9,13-14,16-17,21-22,27,30H,6,8,10-12H2,1-3H3/t17-,21+,22-,27+,33?/m1/s1. The highest BCUT2D eigenvalue weighted by atomic mass is 32.2. The van der Waals surface area contributed by atoms with Gasteiger partial charge in [-0.1, -0.05) is 32.0 Å². The Balaban J connectivity index is 1.48. The van der Waals surface area contributed by atoms with Gasteiger partial charge in [0.1, 0.15) is 5.82 Å². The first kappa shape index (κ1) is 23.8. The fraction of sp³-hybridized carbons (Fsp3) is 0.481. The van der Waals surface area contributed by atoms with Crippen LogP contribution in [0.15, 0.2) is 41.3 Å². The quantitative estimate of drug-likeness (QED) is 0.585. The van der Waals surface area contributed by atoms with Gasteiger partial charge in [-0.15, -0.1) is 0 Å². The van der Waals surface area contributed by atoms with Crippen LogP contribution in [-0.4, -0.2) is 28.3 Å². The summed E-state index contributed by atoms with van der Waals surface area (Å²) in [5.41, 5.74) is 3.06. The minimum atomic E-state index is -1.09. The fourth-order valence-electron chi connectivity index (χ4n) is 5.35. The molecule has 1 aliphatic carbocycles. The molecule has 1 aliphatic heterocycles. The maximum atomic E-state index is 15.0. The number of rotatable bonds is 8. The van der Waals surface area contributed by atoms with Crippen LogP contribution in [0.3, 0.4) is 0 Å². The van der Waals surface area contributed by atoms with E-state index in [1.54, 1.807) is 12.3 Å². The molecule has 2 fully saturated rings. The molecule has 4 rings (SSSR count). The van der Waals surface area contributed by atoms with Crippen LogP contribution in [0.4, 0.5) is 4.39 Å². The number of nitriles is 1. The van der Waals surface area contributed by atoms with Crippen molar-refractivity contribution in [2.75, 3.05) is 6.26 Å². The lowest BCUT2D eigenvalue weighted by atomic mass is 9.88. The van der Waals surface area contributed by atoms with Crippen LogP contribution >= 0.6 is 0 Å². The van der Waals surface area contributed by atoms with Crippen molar-refractivity contribution in [1.82, 2.24) is 5.32 Å². The Hall–Kier alpha value is -2.36. The Morgan fingerprint density at radius 2 is 1.94 bits per heavy atom. The summed E-state index contributed by atoms with van der Waals surface area (Å²) in [6, 6.07) is 13.3. The summed E-state index contributed by atoms with van der Waals surface area (Å²) in [5, 5.41) is 13.0. The van der Waals surface area contributed by atoms with Crippen molar-refractivity contribution < 1.29 is 13.4 Å². The molecule has 1 unspecified atom stereocenters. The molecule has 2 aromatic carbocycles. The van der Waals surface area contributed by atoms with Gasteiger partial charge in [0.2, 0.25) is 0 Å². The van der Waals surface area contributed by atoms with Crippen LogP contribution in [0.1, 0.15) is 56.6 Å². The van der Waals surface area contributed by atoms with Gasteiger partial charge in [-0.25, -0.2) is 4.39 Å². The molecule has 5 atom stereocenters. The zero-order chi connectivity index (χ0) is 23.7. The number of hydrogen-bond acceptors (Lipinski definition) is 4. The minimum Gasteiger partial charge on any atom is -0.304 e. The highest BCUT2D eigenvalue weighted by Crippen LogP contribution is 2.36. The van der Waals surface area contributed by atoms with E-state index in [1.165, 1.54) is 6.07 Å². The largest absolute Gasteiger partial charge is 0.304 e. The van der Waals surface area contributed by atoms with Gasteiger partial charge in [-0.05, 0) is 78.0 Å². The monoisotopic (exact) mass is 466 g/mol. The summed E-state index contributed by atoms with van der Waals surface area (Å²) >= 11 is 0. The molecular formula is C27H31FN2O2S. The SMILES string of the molecule is CC(C)c1cc(-c2ccc(C[C@@H](C#N)CC(=O)[C@H]3N[C@@H]4CC[C@H]3C4)c(F)c2)ccc1S(C)=O. The molecular weight excluding hydrogens is 435 g/mol. The number of hydrogen-bond donors (Lipinski definition) is 1. The first-order valence-corrected chi connectivity index (χ1v) is 13.3. The molecule has 2 aliphatic rings. The van der Waals surface area contributed by atoms with E-state index < -0.39 is 16.7 Å². The Labute approximate surface area is 198 Å². The predicted octanol–water partition coefficient (Wildman–Crippen LogP) is 5.14. The zero-order valence-corrected chi connectivity index (χ0v) is 20.3. The van der Waals surface area contributed by atoms with Crippen LogP contribution in [0, 0.1) is 29.0 Å². The zero-order valence-electron chi connectivity index (χ0n) is 19.4. The van der Waals surface area contributed by atoms with E-state index >= 15 is 4.39 Å². The van der Waals surface area contributed by atoms with Crippen molar-refractivity contribution in [3.63, 3.8) is 0 Å². The first-order chi connectivity index (χ1) is 15.8. The molecule has 2 aromatic rings. The second-order valence-corrected chi connectivity index (χ2v) is 11.1. The van der Waals surface area contributed by atoms with Crippen molar-refractivity contribution in [3.8, 4) is 17.2 Å². The molecule has 174 valence electrons. The summed E-state index contributed by atoms with van der Waals surface area (Å²) in [6.07, 6.45) is 5.31. The Morgan fingerprint density at radius 3 is 2.52 bits per heavy atom. The normalized spacial score (nSPS) is 23.5. The molecule has 6 heteroatoms. The lowest BCUT2D eigenvalue weighted by molar-refractivity contribution is -0.122. The number of nitrogens with zero attached hydrogens (tertiary/aromatic N) is 1. The molecule has 0 aromatic heterocycles. The van der Waals surface area contributed by atoms with Gasteiger partial charge >= 0.3 is 0 Å². The van der Waals surface area contributed by atoms with E-state index in [1.807, 2.05) is 24.3 Å². The number of nitrogens with one attached hydrogen (secondary N) is 1. The molecule has 1 N–H and O–H groups in total. The first-order valence-electron chi connectivity index (χ1n) is 11.7. The van der Waals surface area contributed by atoms with Gasteiger partial charge in [0.15, 0.2) is 5.78 Å². The second-order valence-electron chi connectivity index (χ2n) is 9.78. The summed E-state index contributed by atoms with van der Waals surface area (Å²) in [5.74, 6) is -0.227. The number of fused-ring (bicyclic) bond motifs is 2. The second kappa shape index (κ2) is 9.87. The van der Waals surface area contributed by atoms with E-state index in [4.69, 9.17) is 0 Å². The number of carbonyl (C=O) groups excluding carboxylic acids is 1. The van der Waals surface area contributed by atoms with E-state index in [0.29, 0.717) is 17.5 Å². The van der Waals surface area contributed by atoms with Crippen LogP contribution in [-0.2, 0) is 22.0 Å². The topological polar surface area (TPSA) is 70.0 Å². The van der Waals surface area contributed by atoms with Crippen molar-refractivity contribution in [1.29, 1.82) is 5.26 Å². The summed E-state index contributed by atoms with van der Waals surface area (Å²) in [6.45, 7) is 4.10. The highest BCUT2D eigenvalue weighted by molar-refractivity contribution is 7.84. The molecule has 1 heterocycles. The average Bonchev–Trinajstić information content (AvgIpc) is 3.43. The number of benzene rings is 2. The summed E-state index contributed by atoms with van der Waals surface area (Å²) < 4.78 is 27.0. The molecule has 0 radical (unpaired) electrons. The molecule has 33 heavy (non-hydrogen) atoms. The van der Waals surface area contributed by atoms with Crippen molar-refractivity contribution in [2.45, 2.75) is 68.8 Å². The summed E-state index contributed by atoms with van der Waals surface area (Å²) in [7, 11) is -1.09. The Morgan fingerprint density at radius 1 is 1.21 bits per heavy atom. The van der Waals surface area contributed by atoms with Crippen molar-refractivity contribution in [2.24, 2.45) is 11.8 Å². The van der Waals surface area contributed by atoms with Crippen LogP contribution in [0.25, 0.3) is 11.1 Å². The van der Waals surface area contributed by atoms with Crippen LogP contribution in [0.2, 0.25) is 0 Å². The third-order valence-electron chi connectivity index (χ3n) is 7.13. The van der Waals surface area contributed by atoms with Gasteiger partial charge in [0.05, 0.1) is 28.8 Å². The average molecular weight is 467 g/mol. The predicted molar refractivity (Wildman–Crippen MR) is 129 cm³/mol. The van der Waals surface area contributed by atoms with Crippen molar-refractivity contribution in [3.05, 3.63) is 53.3 Å². The number of halogens is 1. The van der Waals surface area contributed by atoms with E-state index in [0.717, 1.165) is 40.8 Å². The van der Waals surface area contributed by atoms with E-state index in [9.17, 15) is 14.3 Å². The van der Waals surface area contributed by atoms with E-state index in [2.05, 4.69) is 25.2 Å². The fourth-order valence-corrected chi connectivity index (χ4v) is 6.23. The smallest absolute Gasteiger partial charge is 0.151 e. The Bertz CT molecular complexity index is 1120. The van der Waals surface area contributed by atoms with Gasteiger partial charge in [0, 0.05) is 23.6 Å². The molecule has 2 bridgehead atoms. The molecule has 0 amide bonds. The number of Topliss-reactive ketones (excluding diaryl/α,β-unsaturated/α-hetero) is 1. The van der Waals surface area contributed by atoms with Gasteiger partial charge < -0.3 is 5.32 Å². The van der Waals surface area contributed by atoms with E-state index in [-0.39, 0.29) is 36.4 Å². The Kier molecular flexibility index (Phi) is 7.11. The molecule has 4 nitrogen and oxygen atoms in total. The lowest BCUT2D eigenvalue weighted by Crippen LogP contribution is -2.42. The third-order valence-corrected chi connectivity index (χ3v) is 8.12. The maximum absolute atomic E-state index is 15.0. The molecule has 1 saturated carbocycles. The van der Waals surface area contributed by atoms with Gasteiger partial charge in [-0.2, -0.15) is 5.26 Å². The lowest BCUT2D eigenvalue weighted by Gasteiger charge is -2.22. The molecule has 1 saturated heterocycles. The maximum Gasteiger partial charge on any atom is 0.151 e. The van der Waals surface area contributed by atoms with Crippen LogP contribution < -0.4 is 5.32 Å². The summed E-state index contributed by atoms with van der Waals surface area (Å²) in [4.78, 5) is 13.6. The number of carbonyl (C=O) groups is 1. The number of ketones is 1. The van der Waals surface area contributed by atoms with Crippen molar-refractivity contribution >= 4 is 16.6 Å². The highest BCUT2D eigenvalue weighted by Gasteiger charge is 2.42. The number of piperidine rings is 1. The van der Waals surface area contributed by atoms with Crippen LogP contribution in [0.5, 0.6) is 0 Å². The van der Waals surface area contributed by atoms with Gasteiger partial charge in [0.25, 0.3) is 0 Å².